The van der Waals surface area contributed by atoms with Crippen LogP contribution in [0, 0.1) is 6.92 Å². The van der Waals surface area contributed by atoms with E-state index in [9.17, 15) is 4.79 Å². The maximum atomic E-state index is 13.2. The van der Waals surface area contributed by atoms with E-state index in [1.807, 2.05) is 49.1 Å². The molecule has 0 unspecified atom stereocenters. The second-order valence-electron chi connectivity index (χ2n) is 7.33. The summed E-state index contributed by atoms with van der Waals surface area (Å²) in [6.07, 6.45) is 0. The van der Waals surface area contributed by atoms with Crippen LogP contribution < -0.4 is 5.73 Å². The van der Waals surface area contributed by atoms with E-state index < -0.39 is 5.41 Å². The number of aryl methyl sites for hydroxylation is 1. The van der Waals surface area contributed by atoms with E-state index in [-0.39, 0.29) is 17.9 Å². The Balaban J connectivity index is 1.82. The number of nitrogens with zero attached hydrogens (tertiary/aromatic N) is 1. The average Bonchev–Trinajstić information content (AvgIpc) is 2.97. The smallest absolute Gasteiger partial charge is 0.232 e. The molecule has 3 heteroatoms. The van der Waals surface area contributed by atoms with E-state index in [0.717, 1.165) is 11.1 Å². The number of carbonyl (C=O) groups excluding carboxylic acids is 1. The average molecular weight is 322 g/mol. The van der Waals surface area contributed by atoms with Crippen molar-refractivity contribution in [1.29, 1.82) is 0 Å². The molecule has 2 aromatic carbocycles. The van der Waals surface area contributed by atoms with E-state index in [0.29, 0.717) is 13.1 Å². The number of benzene rings is 2. The highest BCUT2D eigenvalue weighted by molar-refractivity contribution is 5.88. The van der Waals surface area contributed by atoms with E-state index >= 15 is 0 Å². The van der Waals surface area contributed by atoms with Gasteiger partial charge >= 0.3 is 0 Å². The van der Waals surface area contributed by atoms with Crippen molar-refractivity contribution in [3.05, 3.63) is 71.3 Å². The zero-order valence-electron chi connectivity index (χ0n) is 14.7. The minimum absolute atomic E-state index is 0.0102. The Morgan fingerprint density at radius 2 is 1.67 bits per heavy atom. The van der Waals surface area contributed by atoms with Crippen molar-refractivity contribution in [3.63, 3.8) is 0 Å². The molecule has 2 aromatic rings. The molecule has 2 atom stereocenters. The van der Waals surface area contributed by atoms with Crippen molar-refractivity contribution in [1.82, 2.24) is 4.90 Å². The number of nitrogens with two attached hydrogens (primary N) is 1. The van der Waals surface area contributed by atoms with Gasteiger partial charge in [-0.05, 0) is 37.5 Å². The fraction of sp³-hybridized carbons (Fsp3) is 0.381. The number of hydrogen-bond donors (Lipinski definition) is 1. The van der Waals surface area contributed by atoms with Crippen molar-refractivity contribution >= 4 is 5.91 Å². The van der Waals surface area contributed by atoms with Crippen molar-refractivity contribution in [2.75, 3.05) is 13.1 Å². The lowest BCUT2D eigenvalue weighted by molar-refractivity contribution is -0.135. The molecule has 0 saturated carbocycles. The Hall–Kier alpha value is -2.13. The Morgan fingerprint density at radius 3 is 2.33 bits per heavy atom. The summed E-state index contributed by atoms with van der Waals surface area (Å²) in [5, 5.41) is 0. The van der Waals surface area contributed by atoms with Crippen molar-refractivity contribution < 1.29 is 4.79 Å². The molecule has 0 aromatic heterocycles. The van der Waals surface area contributed by atoms with Crippen LogP contribution in [0.2, 0.25) is 0 Å². The molecule has 0 radical (unpaired) electrons. The number of amides is 1. The molecule has 1 heterocycles. The Morgan fingerprint density at radius 1 is 1.04 bits per heavy atom. The second kappa shape index (κ2) is 6.40. The van der Waals surface area contributed by atoms with Crippen LogP contribution in [-0.2, 0) is 10.2 Å². The van der Waals surface area contributed by atoms with Gasteiger partial charge in [-0.25, -0.2) is 0 Å². The summed E-state index contributed by atoms with van der Waals surface area (Å²) in [5.74, 6) is 0.369. The van der Waals surface area contributed by atoms with Crippen molar-refractivity contribution in [2.24, 2.45) is 5.73 Å². The van der Waals surface area contributed by atoms with Crippen molar-refractivity contribution in [3.8, 4) is 0 Å². The zero-order chi connectivity index (χ0) is 17.3. The summed E-state index contributed by atoms with van der Waals surface area (Å²) in [6, 6.07) is 18.4. The monoisotopic (exact) mass is 322 g/mol. The molecule has 3 rings (SSSR count). The van der Waals surface area contributed by atoms with Gasteiger partial charge < -0.3 is 10.6 Å². The largest absolute Gasteiger partial charge is 0.340 e. The lowest BCUT2D eigenvalue weighted by atomic mass is 9.81. The van der Waals surface area contributed by atoms with Gasteiger partial charge in [-0.2, -0.15) is 0 Å². The van der Waals surface area contributed by atoms with Crippen LogP contribution in [0.1, 0.15) is 36.5 Å². The van der Waals surface area contributed by atoms with Crippen LogP contribution >= 0.6 is 0 Å². The summed E-state index contributed by atoms with van der Waals surface area (Å²) in [6.45, 7) is 7.40. The number of likely N-dealkylation sites (tertiary alicyclic amines) is 1. The number of hydrogen-bond acceptors (Lipinski definition) is 2. The Labute approximate surface area is 144 Å². The van der Waals surface area contributed by atoms with E-state index in [1.54, 1.807) is 0 Å². The highest BCUT2D eigenvalue weighted by Crippen LogP contribution is 2.33. The van der Waals surface area contributed by atoms with Gasteiger partial charge in [0.15, 0.2) is 0 Å². The third-order valence-electron chi connectivity index (χ3n) is 5.23. The molecule has 1 fully saturated rings. The molecular weight excluding hydrogens is 296 g/mol. The van der Waals surface area contributed by atoms with Crippen LogP contribution in [0.5, 0.6) is 0 Å². The van der Waals surface area contributed by atoms with Gasteiger partial charge in [-0.1, -0.05) is 54.6 Å². The van der Waals surface area contributed by atoms with E-state index in [2.05, 4.69) is 31.2 Å². The maximum absolute atomic E-state index is 13.2. The van der Waals surface area contributed by atoms with Gasteiger partial charge in [0, 0.05) is 25.0 Å². The van der Waals surface area contributed by atoms with E-state index in [4.69, 9.17) is 5.73 Å². The molecule has 1 saturated heterocycles. The zero-order valence-corrected chi connectivity index (χ0v) is 14.7. The van der Waals surface area contributed by atoms with Gasteiger partial charge in [-0.3, -0.25) is 4.79 Å². The number of rotatable bonds is 3. The molecule has 1 aliphatic heterocycles. The van der Waals surface area contributed by atoms with Crippen LogP contribution in [0.4, 0.5) is 0 Å². The van der Waals surface area contributed by atoms with E-state index in [1.165, 1.54) is 5.56 Å². The topological polar surface area (TPSA) is 46.3 Å². The summed E-state index contributed by atoms with van der Waals surface area (Å²) in [4.78, 5) is 15.2. The molecule has 1 amide bonds. The third-order valence-corrected chi connectivity index (χ3v) is 5.23. The van der Waals surface area contributed by atoms with Crippen molar-refractivity contribution in [2.45, 2.75) is 38.1 Å². The van der Waals surface area contributed by atoms with Crippen LogP contribution in [0.25, 0.3) is 0 Å². The molecule has 0 spiro atoms. The second-order valence-corrected chi connectivity index (χ2v) is 7.33. The first-order valence-corrected chi connectivity index (χ1v) is 8.57. The summed E-state index contributed by atoms with van der Waals surface area (Å²) < 4.78 is 0. The predicted molar refractivity (Wildman–Crippen MR) is 97.9 cm³/mol. The predicted octanol–water partition coefficient (Wildman–Crippen LogP) is 3.23. The molecule has 3 nitrogen and oxygen atoms in total. The highest BCUT2D eigenvalue weighted by Gasteiger charge is 2.40. The molecule has 24 heavy (non-hydrogen) atoms. The molecule has 1 aliphatic rings. The normalized spacial score (nSPS) is 21.1. The van der Waals surface area contributed by atoms with Crippen LogP contribution in [0.3, 0.4) is 0 Å². The van der Waals surface area contributed by atoms with Gasteiger partial charge in [0.1, 0.15) is 0 Å². The molecule has 0 bridgehead atoms. The van der Waals surface area contributed by atoms with Gasteiger partial charge in [0.05, 0.1) is 5.41 Å². The molecular formula is C21H26N2O. The maximum Gasteiger partial charge on any atom is 0.232 e. The molecule has 126 valence electrons. The lowest BCUT2D eigenvalue weighted by Gasteiger charge is -2.31. The summed E-state index contributed by atoms with van der Waals surface area (Å²) in [7, 11) is 0. The first-order valence-electron chi connectivity index (χ1n) is 8.57. The standard InChI is InChI=1S/C21H26N2O/c1-15-9-7-8-12-18(15)21(2,3)20(24)23-13-17(19(22)14-23)16-10-5-4-6-11-16/h4-12,17,19H,13-14,22H2,1-3H3/t17-,19+/m0/s1. The quantitative estimate of drug-likeness (QED) is 0.943. The third kappa shape index (κ3) is 2.96. The van der Waals surface area contributed by atoms with Gasteiger partial charge in [0.25, 0.3) is 0 Å². The minimum atomic E-state index is -0.545. The lowest BCUT2D eigenvalue weighted by Crippen LogP contribution is -2.43. The SMILES string of the molecule is Cc1ccccc1C(C)(C)C(=O)N1C[C@@H](N)[C@H](c2ccccc2)C1. The molecule has 0 aliphatic carbocycles. The highest BCUT2D eigenvalue weighted by atomic mass is 16.2. The first kappa shape index (κ1) is 16.7. The Bertz CT molecular complexity index is 724. The fourth-order valence-electron chi connectivity index (χ4n) is 3.83. The Kier molecular flexibility index (Phi) is 4.46. The van der Waals surface area contributed by atoms with Gasteiger partial charge in [-0.15, -0.1) is 0 Å². The summed E-state index contributed by atoms with van der Waals surface area (Å²) in [5.41, 5.74) is 9.27. The molecule has 2 N–H and O–H groups in total. The minimum Gasteiger partial charge on any atom is -0.340 e. The first-order chi connectivity index (χ1) is 11.4. The summed E-state index contributed by atoms with van der Waals surface area (Å²) >= 11 is 0. The number of carbonyl (C=O) groups is 1. The van der Waals surface area contributed by atoms with Gasteiger partial charge in [0.2, 0.25) is 5.91 Å². The van der Waals surface area contributed by atoms with Crippen LogP contribution in [0.15, 0.2) is 54.6 Å². The van der Waals surface area contributed by atoms with Crippen LogP contribution in [-0.4, -0.2) is 29.9 Å². The fourth-order valence-corrected chi connectivity index (χ4v) is 3.83.